The lowest BCUT2D eigenvalue weighted by Gasteiger charge is -2.05. The van der Waals surface area contributed by atoms with Gasteiger partial charge in [0.1, 0.15) is 0 Å². The molecule has 72 valence electrons. The number of allylic oxidation sites excluding steroid dienone is 2. The van der Waals surface area contributed by atoms with Crippen LogP contribution in [0, 0.1) is 0 Å². The minimum Gasteiger partial charge on any atom is -0.382 e. The number of rotatable bonds is 6. The minimum atomic E-state index is 0.843. The third-order valence-corrected chi connectivity index (χ3v) is 2.30. The van der Waals surface area contributed by atoms with Crippen LogP contribution in [0.25, 0.3) is 0 Å². The maximum absolute atomic E-state index is 5.27. The normalized spacial score (nSPS) is 13.0. The fourth-order valence-electron chi connectivity index (χ4n) is 1.10. The maximum Gasteiger partial charge on any atom is 0.0468 e. The molecule has 0 saturated carbocycles. The van der Waals surface area contributed by atoms with E-state index in [0.717, 1.165) is 19.6 Å². The second kappa shape index (κ2) is 7.35. The van der Waals surface area contributed by atoms with Gasteiger partial charge in [0.2, 0.25) is 0 Å². The lowest BCUT2D eigenvalue weighted by atomic mass is 10.0. The second-order valence-electron chi connectivity index (χ2n) is 3.21. The van der Waals surface area contributed by atoms with E-state index < -0.39 is 0 Å². The Kier molecular flexibility index (Phi) is 7.17. The molecule has 1 heteroatoms. The maximum atomic E-state index is 5.27. The highest BCUT2D eigenvalue weighted by Crippen LogP contribution is 2.12. The van der Waals surface area contributed by atoms with Gasteiger partial charge < -0.3 is 4.74 Å². The van der Waals surface area contributed by atoms with Crippen molar-refractivity contribution in [1.29, 1.82) is 0 Å². The summed E-state index contributed by atoms with van der Waals surface area (Å²) in [6.45, 7) is 10.4. The molecule has 0 spiro atoms. The zero-order valence-corrected chi connectivity index (χ0v) is 8.94. The van der Waals surface area contributed by atoms with Crippen LogP contribution in [0.2, 0.25) is 0 Å². The molecule has 0 rings (SSSR count). The van der Waals surface area contributed by atoms with E-state index in [9.17, 15) is 0 Å². The molecule has 0 aromatic rings. The van der Waals surface area contributed by atoms with Gasteiger partial charge in [0.05, 0.1) is 0 Å². The molecule has 0 bridgehead atoms. The van der Waals surface area contributed by atoms with E-state index in [-0.39, 0.29) is 0 Å². The topological polar surface area (TPSA) is 9.23 Å². The molecule has 0 fully saturated rings. The zero-order valence-electron chi connectivity index (χ0n) is 8.94. The molecule has 0 aromatic carbocycles. The zero-order chi connectivity index (χ0) is 9.40. The molecule has 0 aliphatic carbocycles. The Hall–Kier alpha value is -0.300. The van der Waals surface area contributed by atoms with Crippen molar-refractivity contribution in [3.63, 3.8) is 0 Å². The van der Waals surface area contributed by atoms with Crippen LogP contribution < -0.4 is 0 Å². The molecular formula is C11H22O. The summed E-state index contributed by atoms with van der Waals surface area (Å²) >= 11 is 0. The van der Waals surface area contributed by atoms with Crippen molar-refractivity contribution >= 4 is 0 Å². The first-order valence-corrected chi connectivity index (χ1v) is 4.95. The van der Waals surface area contributed by atoms with Crippen LogP contribution in [0.4, 0.5) is 0 Å². The summed E-state index contributed by atoms with van der Waals surface area (Å²) in [6, 6.07) is 0. The SMILES string of the molecule is CCOCCCC(C)=C(C)CC. The monoisotopic (exact) mass is 170 g/mol. The highest BCUT2D eigenvalue weighted by Gasteiger charge is 1.94. The number of hydrogen-bond donors (Lipinski definition) is 0. The molecule has 0 aliphatic rings. The van der Waals surface area contributed by atoms with E-state index in [4.69, 9.17) is 4.74 Å². The van der Waals surface area contributed by atoms with E-state index in [1.54, 1.807) is 0 Å². The smallest absolute Gasteiger partial charge is 0.0468 e. The molecule has 0 aliphatic heterocycles. The number of ether oxygens (including phenoxy) is 1. The predicted octanol–water partition coefficient (Wildman–Crippen LogP) is 3.55. The summed E-state index contributed by atoms with van der Waals surface area (Å²) in [4.78, 5) is 0. The van der Waals surface area contributed by atoms with Crippen molar-refractivity contribution in [3.05, 3.63) is 11.1 Å². The summed E-state index contributed by atoms with van der Waals surface area (Å²) in [5.74, 6) is 0. The third kappa shape index (κ3) is 5.36. The Bertz CT molecular complexity index is 136. The van der Waals surface area contributed by atoms with Crippen LogP contribution in [0.5, 0.6) is 0 Å². The standard InChI is InChI=1S/C11H22O/c1-5-10(3)11(4)8-7-9-12-6-2/h5-9H2,1-4H3. The average molecular weight is 170 g/mol. The van der Waals surface area contributed by atoms with Gasteiger partial charge in [-0.15, -0.1) is 0 Å². The van der Waals surface area contributed by atoms with Crippen LogP contribution in [-0.2, 0) is 4.74 Å². The molecular weight excluding hydrogens is 148 g/mol. The largest absolute Gasteiger partial charge is 0.382 e. The molecule has 0 N–H and O–H groups in total. The molecule has 0 amide bonds. The van der Waals surface area contributed by atoms with E-state index in [2.05, 4.69) is 20.8 Å². The molecule has 0 unspecified atom stereocenters. The van der Waals surface area contributed by atoms with Gasteiger partial charge in [0.15, 0.2) is 0 Å². The Morgan fingerprint density at radius 3 is 2.25 bits per heavy atom. The van der Waals surface area contributed by atoms with Crippen LogP contribution in [0.1, 0.15) is 47.0 Å². The van der Waals surface area contributed by atoms with Crippen LogP contribution in [0.15, 0.2) is 11.1 Å². The highest BCUT2D eigenvalue weighted by molar-refractivity contribution is 5.08. The molecule has 0 saturated heterocycles. The van der Waals surface area contributed by atoms with Gasteiger partial charge in [-0.2, -0.15) is 0 Å². The van der Waals surface area contributed by atoms with Gasteiger partial charge in [-0.3, -0.25) is 0 Å². The molecule has 12 heavy (non-hydrogen) atoms. The Labute approximate surface area is 76.8 Å². The Balaban J connectivity index is 3.49. The average Bonchev–Trinajstić information content (AvgIpc) is 2.10. The quantitative estimate of drug-likeness (QED) is 0.437. The molecule has 0 radical (unpaired) electrons. The van der Waals surface area contributed by atoms with E-state index in [1.165, 1.54) is 24.0 Å². The van der Waals surface area contributed by atoms with Crippen LogP contribution in [0.3, 0.4) is 0 Å². The molecule has 0 aromatic heterocycles. The van der Waals surface area contributed by atoms with Gasteiger partial charge in [-0.05, 0) is 40.0 Å². The predicted molar refractivity (Wildman–Crippen MR) is 54.4 cm³/mol. The summed E-state index contributed by atoms with van der Waals surface area (Å²) in [7, 11) is 0. The third-order valence-electron chi connectivity index (χ3n) is 2.30. The molecule has 0 atom stereocenters. The summed E-state index contributed by atoms with van der Waals surface area (Å²) < 4.78 is 5.27. The molecule has 1 nitrogen and oxygen atoms in total. The lowest BCUT2D eigenvalue weighted by molar-refractivity contribution is 0.145. The first kappa shape index (κ1) is 11.7. The Morgan fingerprint density at radius 2 is 1.75 bits per heavy atom. The van der Waals surface area contributed by atoms with Crippen LogP contribution in [-0.4, -0.2) is 13.2 Å². The van der Waals surface area contributed by atoms with Gasteiger partial charge in [0, 0.05) is 13.2 Å². The highest BCUT2D eigenvalue weighted by atomic mass is 16.5. The van der Waals surface area contributed by atoms with Gasteiger partial charge >= 0.3 is 0 Å². The van der Waals surface area contributed by atoms with Crippen molar-refractivity contribution in [2.45, 2.75) is 47.0 Å². The van der Waals surface area contributed by atoms with Crippen molar-refractivity contribution in [1.82, 2.24) is 0 Å². The van der Waals surface area contributed by atoms with Gasteiger partial charge in [-0.1, -0.05) is 18.1 Å². The van der Waals surface area contributed by atoms with E-state index in [1.807, 2.05) is 6.92 Å². The minimum absolute atomic E-state index is 0.843. The fourth-order valence-corrected chi connectivity index (χ4v) is 1.10. The van der Waals surface area contributed by atoms with Gasteiger partial charge in [-0.25, -0.2) is 0 Å². The summed E-state index contributed by atoms with van der Waals surface area (Å²) in [5.41, 5.74) is 3.07. The fraction of sp³-hybridized carbons (Fsp3) is 0.818. The molecule has 0 heterocycles. The lowest BCUT2D eigenvalue weighted by Crippen LogP contribution is -1.94. The van der Waals surface area contributed by atoms with Crippen molar-refractivity contribution in [2.75, 3.05) is 13.2 Å². The van der Waals surface area contributed by atoms with Crippen molar-refractivity contribution < 1.29 is 4.74 Å². The van der Waals surface area contributed by atoms with Gasteiger partial charge in [0.25, 0.3) is 0 Å². The van der Waals surface area contributed by atoms with Crippen molar-refractivity contribution in [3.8, 4) is 0 Å². The Morgan fingerprint density at radius 1 is 1.08 bits per heavy atom. The van der Waals surface area contributed by atoms with Crippen LogP contribution >= 0.6 is 0 Å². The van der Waals surface area contributed by atoms with Crippen molar-refractivity contribution in [2.24, 2.45) is 0 Å². The first-order valence-electron chi connectivity index (χ1n) is 4.95. The van der Waals surface area contributed by atoms with E-state index >= 15 is 0 Å². The first-order chi connectivity index (χ1) is 5.72. The second-order valence-corrected chi connectivity index (χ2v) is 3.21. The summed E-state index contributed by atoms with van der Waals surface area (Å²) in [6.07, 6.45) is 3.54. The van der Waals surface area contributed by atoms with E-state index in [0.29, 0.717) is 0 Å². The number of hydrogen-bond acceptors (Lipinski definition) is 1. The summed E-state index contributed by atoms with van der Waals surface area (Å²) in [5, 5.41) is 0.